The van der Waals surface area contributed by atoms with Crippen LogP contribution in [-0.2, 0) is 0 Å². The largest absolute Gasteiger partial charge is 0.384 e. The van der Waals surface area contributed by atoms with Crippen LogP contribution >= 0.6 is 11.6 Å². The SMILES string of the molecule is NCCCCCCNc1ccncc1Cl. The van der Waals surface area contributed by atoms with E-state index in [0.717, 1.165) is 31.6 Å². The fourth-order valence-electron chi connectivity index (χ4n) is 1.36. The van der Waals surface area contributed by atoms with E-state index < -0.39 is 0 Å². The standard InChI is InChI=1S/C11H18ClN3/c12-10-9-14-8-5-11(10)15-7-4-2-1-3-6-13/h5,8-9H,1-4,6-7,13H2,(H,14,15). The van der Waals surface area contributed by atoms with Gasteiger partial charge >= 0.3 is 0 Å². The maximum Gasteiger partial charge on any atom is 0.0820 e. The number of rotatable bonds is 7. The lowest BCUT2D eigenvalue weighted by molar-refractivity contribution is 0.661. The monoisotopic (exact) mass is 227 g/mol. The summed E-state index contributed by atoms with van der Waals surface area (Å²) in [5.41, 5.74) is 6.38. The molecule has 0 amide bonds. The summed E-state index contributed by atoms with van der Waals surface area (Å²) in [7, 11) is 0. The summed E-state index contributed by atoms with van der Waals surface area (Å²) in [6.45, 7) is 1.75. The molecule has 0 atom stereocenters. The Morgan fingerprint density at radius 3 is 2.80 bits per heavy atom. The van der Waals surface area contributed by atoms with Crippen LogP contribution in [0.4, 0.5) is 5.69 Å². The minimum Gasteiger partial charge on any atom is -0.384 e. The molecule has 0 radical (unpaired) electrons. The quantitative estimate of drug-likeness (QED) is 0.705. The van der Waals surface area contributed by atoms with Crippen molar-refractivity contribution in [3.05, 3.63) is 23.5 Å². The molecule has 0 fully saturated rings. The number of pyridine rings is 1. The van der Waals surface area contributed by atoms with Crippen LogP contribution in [0.1, 0.15) is 25.7 Å². The number of nitrogens with zero attached hydrogens (tertiary/aromatic N) is 1. The van der Waals surface area contributed by atoms with Crippen LogP contribution in [0.5, 0.6) is 0 Å². The van der Waals surface area contributed by atoms with E-state index >= 15 is 0 Å². The maximum atomic E-state index is 5.95. The molecule has 0 saturated carbocycles. The highest BCUT2D eigenvalue weighted by atomic mass is 35.5. The van der Waals surface area contributed by atoms with Crippen molar-refractivity contribution in [2.75, 3.05) is 18.4 Å². The lowest BCUT2D eigenvalue weighted by Crippen LogP contribution is -2.03. The van der Waals surface area contributed by atoms with Crippen molar-refractivity contribution in [1.82, 2.24) is 4.98 Å². The number of nitrogens with two attached hydrogens (primary N) is 1. The van der Waals surface area contributed by atoms with Gasteiger partial charge in [-0.25, -0.2) is 0 Å². The van der Waals surface area contributed by atoms with Gasteiger partial charge < -0.3 is 11.1 Å². The summed E-state index contributed by atoms with van der Waals surface area (Å²) < 4.78 is 0. The van der Waals surface area contributed by atoms with E-state index in [9.17, 15) is 0 Å². The topological polar surface area (TPSA) is 50.9 Å². The molecule has 1 aromatic rings. The van der Waals surface area contributed by atoms with E-state index in [1.165, 1.54) is 12.8 Å². The summed E-state index contributed by atoms with van der Waals surface area (Å²) >= 11 is 5.95. The number of nitrogens with one attached hydrogen (secondary N) is 1. The molecule has 3 nitrogen and oxygen atoms in total. The Balaban J connectivity index is 2.12. The second-order valence-electron chi connectivity index (χ2n) is 3.49. The predicted molar refractivity (Wildman–Crippen MR) is 65.3 cm³/mol. The number of hydrogen-bond donors (Lipinski definition) is 2. The van der Waals surface area contributed by atoms with Crippen molar-refractivity contribution in [3.8, 4) is 0 Å². The minimum atomic E-state index is 0.680. The van der Waals surface area contributed by atoms with Gasteiger partial charge in [0.1, 0.15) is 0 Å². The highest BCUT2D eigenvalue weighted by Crippen LogP contribution is 2.18. The van der Waals surface area contributed by atoms with Gasteiger partial charge in [-0.15, -0.1) is 0 Å². The van der Waals surface area contributed by atoms with Gasteiger partial charge in [0.2, 0.25) is 0 Å². The average molecular weight is 228 g/mol. The Bertz CT molecular complexity index is 278. The van der Waals surface area contributed by atoms with Crippen LogP contribution in [0.2, 0.25) is 5.02 Å². The van der Waals surface area contributed by atoms with E-state index in [2.05, 4.69) is 10.3 Å². The van der Waals surface area contributed by atoms with Crippen molar-refractivity contribution in [2.24, 2.45) is 5.73 Å². The third-order valence-corrected chi connectivity index (χ3v) is 2.52. The molecule has 0 aromatic carbocycles. The zero-order chi connectivity index (χ0) is 10.9. The van der Waals surface area contributed by atoms with Gasteiger partial charge in [-0.05, 0) is 25.5 Å². The van der Waals surface area contributed by atoms with Crippen LogP contribution in [0.15, 0.2) is 18.5 Å². The van der Waals surface area contributed by atoms with Gasteiger partial charge in [0.05, 0.1) is 10.7 Å². The van der Waals surface area contributed by atoms with Crippen molar-refractivity contribution < 1.29 is 0 Å². The second kappa shape index (κ2) is 7.49. The molecular weight excluding hydrogens is 210 g/mol. The highest BCUT2D eigenvalue weighted by Gasteiger charge is 1.97. The molecule has 1 rings (SSSR count). The lowest BCUT2D eigenvalue weighted by atomic mass is 10.2. The van der Waals surface area contributed by atoms with Crippen LogP contribution in [0.3, 0.4) is 0 Å². The number of halogens is 1. The van der Waals surface area contributed by atoms with Gasteiger partial charge in [0.25, 0.3) is 0 Å². The first-order chi connectivity index (χ1) is 7.34. The number of aromatic nitrogens is 1. The van der Waals surface area contributed by atoms with Gasteiger partial charge in [-0.2, -0.15) is 0 Å². The Hall–Kier alpha value is -0.800. The van der Waals surface area contributed by atoms with Crippen LogP contribution in [0.25, 0.3) is 0 Å². The lowest BCUT2D eigenvalue weighted by Gasteiger charge is -2.07. The number of hydrogen-bond acceptors (Lipinski definition) is 3. The molecule has 84 valence electrons. The molecule has 3 N–H and O–H groups in total. The van der Waals surface area contributed by atoms with Crippen molar-refractivity contribution in [3.63, 3.8) is 0 Å². The summed E-state index contributed by atoms with van der Waals surface area (Å²) in [5.74, 6) is 0. The van der Waals surface area contributed by atoms with Crippen LogP contribution < -0.4 is 11.1 Å². The van der Waals surface area contributed by atoms with E-state index in [4.69, 9.17) is 17.3 Å². The van der Waals surface area contributed by atoms with E-state index in [-0.39, 0.29) is 0 Å². The summed E-state index contributed by atoms with van der Waals surface area (Å²) in [5, 5.41) is 3.97. The van der Waals surface area contributed by atoms with E-state index in [1.54, 1.807) is 12.4 Å². The normalized spacial score (nSPS) is 10.3. The fourth-order valence-corrected chi connectivity index (χ4v) is 1.55. The third-order valence-electron chi connectivity index (χ3n) is 2.22. The molecule has 0 unspecified atom stereocenters. The van der Waals surface area contributed by atoms with Gasteiger partial charge in [-0.1, -0.05) is 24.4 Å². The molecule has 4 heteroatoms. The highest BCUT2D eigenvalue weighted by molar-refractivity contribution is 6.33. The average Bonchev–Trinajstić information content (AvgIpc) is 2.25. The fraction of sp³-hybridized carbons (Fsp3) is 0.545. The predicted octanol–water partition coefficient (Wildman–Crippen LogP) is 2.67. The summed E-state index contributed by atoms with van der Waals surface area (Å²) in [6, 6.07) is 1.89. The minimum absolute atomic E-state index is 0.680. The Labute approximate surface area is 96.0 Å². The second-order valence-corrected chi connectivity index (χ2v) is 3.89. The first kappa shape index (κ1) is 12.3. The molecule has 0 aliphatic heterocycles. The zero-order valence-corrected chi connectivity index (χ0v) is 9.63. The van der Waals surface area contributed by atoms with Gasteiger partial charge in [0, 0.05) is 18.9 Å². The smallest absolute Gasteiger partial charge is 0.0820 e. The number of unbranched alkanes of at least 4 members (excludes halogenated alkanes) is 3. The Kier molecular flexibility index (Phi) is 6.12. The molecule has 0 spiro atoms. The van der Waals surface area contributed by atoms with Gasteiger partial charge in [-0.3, -0.25) is 4.98 Å². The van der Waals surface area contributed by atoms with E-state index in [1.807, 2.05) is 6.07 Å². The number of anilines is 1. The molecule has 0 saturated heterocycles. The van der Waals surface area contributed by atoms with Crippen LogP contribution in [0, 0.1) is 0 Å². The van der Waals surface area contributed by atoms with Crippen molar-refractivity contribution in [1.29, 1.82) is 0 Å². The first-order valence-corrected chi connectivity index (χ1v) is 5.76. The first-order valence-electron chi connectivity index (χ1n) is 5.38. The summed E-state index contributed by atoms with van der Waals surface area (Å²) in [6.07, 6.45) is 8.09. The van der Waals surface area contributed by atoms with Crippen molar-refractivity contribution >= 4 is 17.3 Å². The zero-order valence-electron chi connectivity index (χ0n) is 8.88. The molecule has 0 aliphatic carbocycles. The molecule has 0 aliphatic rings. The van der Waals surface area contributed by atoms with Crippen molar-refractivity contribution in [2.45, 2.75) is 25.7 Å². The third kappa shape index (κ3) is 5.00. The molecule has 0 bridgehead atoms. The maximum absolute atomic E-state index is 5.95. The summed E-state index contributed by atoms with van der Waals surface area (Å²) in [4.78, 5) is 3.93. The Morgan fingerprint density at radius 1 is 1.27 bits per heavy atom. The van der Waals surface area contributed by atoms with E-state index in [0.29, 0.717) is 5.02 Å². The molecule has 1 aromatic heterocycles. The van der Waals surface area contributed by atoms with Crippen LogP contribution in [-0.4, -0.2) is 18.1 Å². The molecular formula is C11H18ClN3. The molecule has 15 heavy (non-hydrogen) atoms. The van der Waals surface area contributed by atoms with Gasteiger partial charge in [0.15, 0.2) is 0 Å². The molecule has 1 heterocycles. The Morgan fingerprint density at radius 2 is 2.07 bits per heavy atom.